The number of amides is 1. The molecule has 0 spiro atoms. The van der Waals surface area contributed by atoms with E-state index in [-0.39, 0.29) is 23.7 Å². The summed E-state index contributed by atoms with van der Waals surface area (Å²) in [4.78, 5) is 16.0. The lowest BCUT2D eigenvalue weighted by Gasteiger charge is -2.34. The molecule has 0 atom stereocenters. The molecule has 0 radical (unpaired) electrons. The Morgan fingerprint density at radius 3 is 2.30 bits per heavy atom. The fourth-order valence-electron chi connectivity index (χ4n) is 3.18. The molecular formula is C19H22F3N3O4S. The molecule has 7 nitrogen and oxygen atoms in total. The normalized spacial score (nSPS) is 16.3. The number of hydrogen-bond donors (Lipinski definition) is 0. The highest BCUT2D eigenvalue weighted by molar-refractivity contribution is 7.88. The van der Waals surface area contributed by atoms with Crippen LogP contribution in [-0.2, 0) is 22.7 Å². The van der Waals surface area contributed by atoms with Gasteiger partial charge < -0.3 is 9.32 Å². The Labute approximate surface area is 172 Å². The lowest BCUT2D eigenvalue weighted by Crippen LogP contribution is -2.48. The lowest BCUT2D eigenvalue weighted by molar-refractivity contribution is -0.138. The average Bonchev–Trinajstić information content (AvgIpc) is 3.16. The molecule has 0 saturated carbocycles. The smallest absolute Gasteiger partial charge is 0.417 e. The Morgan fingerprint density at radius 1 is 1.07 bits per heavy atom. The van der Waals surface area contributed by atoms with Crippen LogP contribution in [0.1, 0.15) is 21.7 Å². The van der Waals surface area contributed by atoms with Gasteiger partial charge in [0.15, 0.2) is 0 Å². The Hall–Kier alpha value is -2.37. The predicted octanol–water partition coefficient (Wildman–Crippen LogP) is 2.51. The number of halogens is 3. The van der Waals surface area contributed by atoms with Gasteiger partial charge in [-0.3, -0.25) is 9.69 Å². The molecule has 2 aromatic rings. The first-order valence-electron chi connectivity index (χ1n) is 9.19. The van der Waals surface area contributed by atoms with Crippen molar-refractivity contribution >= 4 is 15.9 Å². The summed E-state index contributed by atoms with van der Waals surface area (Å²) in [5.41, 5.74) is -1.30. The third kappa shape index (κ3) is 4.68. The standard InChI is InChI=1S/C19H22F3N3O4S/c1-23(2)30(27,28)17-8-7-14(29-17)13-24-9-11-25(12-10-24)18(26)15-5-3-4-6-16(15)19(20,21)22/h3-8H,9-13H2,1-2H3. The minimum Gasteiger partial charge on any atom is -0.447 e. The molecule has 0 unspecified atom stereocenters. The number of alkyl halides is 3. The number of carbonyl (C=O) groups is 1. The van der Waals surface area contributed by atoms with E-state index >= 15 is 0 Å². The second kappa shape index (κ2) is 8.40. The van der Waals surface area contributed by atoms with Crippen molar-refractivity contribution in [3.63, 3.8) is 0 Å². The maximum absolute atomic E-state index is 13.2. The molecule has 164 valence electrons. The number of carbonyl (C=O) groups excluding carboxylic acids is 1. The second-order valence-electron chi connectivity index (χ2n) is 7.12. The van der Waals surface area contributed by atoms with E-state index in [1.54, 1.807) is 6.07 Å². The number of piperazine rings is 1. The Kier molecular flexibility index (Phi) is 6.25. The van der Waals surface area contributed by atoms with Crippen molar-refractivity contribution in [3.05, 3.63) is 53.3 Å². The SMILES string of the molecule is CN(C)S(=O)(=O)c1ccc(CN2CCN(C(=O)c3ccccc3C(F)(F)F)CC2)o1. The molecule has 0 bridgehead atoms. The number of hydrogen-bond acceptors (Lipinski definition) is 5. The first-order valence-corrected chi connectivity index (χ1v) is 10.6. The van der Waals surface area contributed by atoms with E-state index in [1.807, 2.05) is 4.90 Å². The fraction of sp³-hybridized carbons (Fsp3) is 0.421. The summed E-state index contributed by atoms with van der Waals surface area (Å²) >= 11 is 0. The minimum absolute atomic E-state index is 0.153. The van der Waals surface area contributed by atoms with Gasteiger partial charge in [0.05, 0.1) is 17.7 Å². The van der Waals surface area contributed by atoms with Crippen LogP contribution >= 0.6 is 0 Å². The molecular weight excluding hydrogens is 423 g/mol. The Balaban J connectivity index is 1.62. The van der Waals surface area contributed by atoms with Gasteiger partial charge in [0.2, 0.25) is 5.09 Å². The molecule has 2 heterocycles. The highest BCUT2D eigenvalue weighted by atomic mass is 32.2. The summed E-state index contributed by atoms with van der Waals surface area (Å²) in [6.45, 7) is 1.71. The van der Waals surface area contributed by atoms with Crippen LogP contribution in [0, 0.1) is 0 Å². The summed E-state index contributed by atoms with van der Waals surface area (Å²) in [5.74, 6) is -0.197. The molecule has 30 heavy (non-hydrogen) atoms. The van der Waals surface area contributed by atoms with Gasteiger partial charge in [0.25, 0.3) is 15.9 Å². The molecule has 11 heteroatoms. The van der Waals surface area contributed by atoms with Crippen LogP contribution in [0.4, 0.5) is 13.2 Å². The molecule has 1 aliphatic heterocycles. The van der Waals surface area contributed by atoms with Crippen molar-refractivity contribution in [1.82, 2.24) is 14.1 Å². The van der Waals surface area contributed by atoms with Crippen molar-refractivity contribution in [3.8, 4) is 0 Å². The zero-order valence-corrected chi connectivity index (χ0v) is 17.3. The van der Waals surface area contributed by atoms with Gasteiger partial charge in [-0.1, -0.05) is 12.1 Å². The van der Waals surface area contributed by atoms with E-state index < -0.39 is 27.7 Å². The van der Waals surface area contributed by atoms with Gasteiger partial charge in [-0.25, -0.2) is 12.7 Å². The zero-order chi connectivity index (χ0) is 22.1. The van der Waals surface area contributed by atoms with Crippen molar-refractivity contribution in [2.24, 2.45) is 0 Å². The number of sulfonamides is 1. The molecule has 0 aliphatic carbocycles. The summed E-state index contributed by atoms with van der Waals surface area (Å²) in [5, 5.41) is -0.153. The molecule has 1 amide bonds. The van der Waals surface area contributed by atoms with Crippen LogP contribution in [0.2, 0.25) is 0 Å². The van der Waals surface area contributed by atoms with E-state index in [2.05, 4.69) is 0 Å². The largest absolute Gasteiger partial charge is 0.447 e. The summed E-state index contributed by atoms with van der Waals surface area (Å²) in [6, 6.07) is 7.72. The first kappa shape index (κ1) is 22.3. The predicted molar refractivity (Wildman–Crippen MR) is 102 cm³/mol. The van der Waals surface area contributed by atoms with Gasteiger partial charge in [-0.2, -0.15) is 13.2 Å². The third-order valence-electron chi connectivity index (χ3n) is 4.87. The van der Waals surface area contributed by atoms with Crippen LogP contribution in [0.3, 0.4) is 0 Å². The van der Waals surface area contributed by atoms with Gasteiger partial charge in [-0.05, 0) is 24.3 Å². The van der Waals surface area contributed by atoms with E-state index in [0.29, 0.717) is 25.4 Å². The Morgan fingerprint density at radius 2 is 1.70 bits per heavy atom. The van der Waals surface area contributed by atoms with E-state index in [9.17, 15) is 26.4 Å². The molecule has 3 rings (SSSR count). The maximum atomic E-state index is 13.2. The van der Waals surface area contributed by atoms with Crippen molar-refractivity contribution < 1.29 is 30.8 Å². The quantitative estimate of drug-likeness (QED) is 0.707. The lowest BCUT2D eigenvalue weighted by atomic mass is 10.1. The van der Waals surface area contributed by atoms with Gasteiger partial charge in [0.1, 0.15) is 5.76 Å². The summed E-state index contributed by atoms with van der Waals surface area (Å²) in [7, 11) is -0.845. The van der Waals surface area contributed by atoms with Gasteiger partial charge in [0, 0.05) is 40.3 Å². The van der Waals surface area contributed by atoms with Crippen LogP contribution in [0.5, 0.6) is 0 Å². The number of furan rings is 1. The highest BCUT2D eigenvalue weighted by Gasteiger charge is 2.36. The molecule has 1 saturated heterocycles. The molecule has 1 aromatic heterocycles. The van der Waals surface area contributed by atoms with Crippen molar-refractivity contribution in [2.75, 3.05) is 40.3 Å². The molecule has 1 aromatic carbocycles. The number of benzene rings is 1. The van der Waals surface area contributed by atoms with Crippen LogP contribution < -0.4 is 0 Å². The summed E-state index contributed by atoms with van der Waals surface area (Å²) < 4.78 is 70.2. The van der Waals surface area contributed by atoms with E-state index in [0.717, 1.165) is 10.4 Å². The Bertz CT molecular complexity index is 1010. The van der Waals surface area contributed by atoms with Gasteiger partial charge in [-0.15, -0.1) is 0 Å². The first-order chi connectivity index (χ1) is 14.0. The maximum Gasteiger partial charge on any atom is 0.417 e. The van der Waals surface area contributed by atoms with Gasteiger partial charge >= 0.3 is 6.18 Å². The minimum atomic E-state index is -4.60. The number of nitrogens with zero attached hydrogens (tertiary/aromatic N) is 3. The van der Waals surface area contributed by atoms with Crippen LogP contribution in [0.15, 0.2) is 45.9 Å². The second-order valence-corrected chi connectivity index (χ2v) is 9.20. The van der Waals surface area contributed by atoms with Crippen molar-refractivity contribution in [1.29, 1.82) is 0 Å². The highest BCUT2D eigenvalue weighted by Crippen LogP contribution is 2.32. The zero-order valence-electron chi connectivity index (χ0n) is 16.5. The number of rotatable bonds is 5. The molecule has 0 N–H and O–H groups in total. The van der Waals surface area contributed by atoms with Crippen molar-refractivity contribution in [2.45, 2.75) is 17.8 Å². The monoisotopic (exact) mass is 445 g/mol. The van der Waals surface area contributed by atoms with Crippen LogP contribution in [0.25, 0.3) is 0 Å². The fourth-order valence-corrected chi connectivity index (χ4v) is 3.99. The molecule has 1 fully saturated rings. The van der Waals surface area contributed by atoms with Crippen LogP contribution in [-0.4, -0.2) is 68.7 Å². The molecule has 1 aliphatic rings. The van der Waals surface area contributed by atoms with E-state index in [1.165, 1.54) is 43.3 Å². The van der Waals surface area contributed by atoms with E-state index in [4.69, 9.17) is 4.42 Å². The summed E-state index contributed by atoms with van der Waals surface area (Å²) in [6.07, 6.45) is -4.60. The average molecular weight is 445 g/mol. The topological polar surface area (TPSA) is 74.1 Å². The third-order valence-corrected chi connectivity index (χ3v) is 6.56.